The molecule has 22 heavy (non-hydrogen) atoms. The Kier molecular flexibility index (Phi) is 5.59. The molecule has 0 saturated carbocycles. The molecule has 1 unspecified atom stereocenters. The van der Waals surface area contributed by atoms with Crippen LogP contribution in [0.3, 0.4) is 0 Å². The van der Waals surface area contributed by atoms with Gasteiger partial charge >= 0.3 is 0 Å². The largest absolute Gasteiger partial charge is 0.379 e. The third-order valence-corrected chi connectivity index (χ3v) is 4.61. The molecule has 1 aliphatic heterocycles. The lowest BCUT2D eigenvalue weighted by molar-refractivity contribution is -0.159. The molecule has 122 valence electrons. The Morgan fingerprint density at radius 3 is 2.64 bits per heavy atom. The van der Waals surface area contributed by atoms with Gasteiger partial charge in [0.1, 0.15) is 0 Å². The molecule has 4 nitrogen and oxygen atoms in total. The number of amides is 1. The Morgan fingerprint density at radius 2 is 2.00 bits per heavy atom. The molecule has 2 rings (SSSR count). The van der Waals surface area contributed by atoms with Crippen LogP contribution in [0.5, 0.6) is 0 Å². The van der Waals surface area contributed by atoms with Gasteiger partial charge in [-0.25, -0.2) is 0 Å². The van der Waals surface area contributed by atoms with Gasteiger partial charge in [-0.05, 0) is 45.7 Å². The zero-order valence-electron chi connectivity index (χ0n) is 14.0. The van der Waals surface area contributed by atoms with Gasteiger partial charge in [0, 0.05) is 25.7 Å². The van der Waals surface area contributed by atoms with Crippen LogP contribution in [0.15, 0.2) is 30.3 Å². The third kappa shape index (κ3) is 4.08. The summed E-state index contributed by atoms with van der Waals surface area (Å²) in [5.41, 5.74) is -0.00256. The van der Waals surface area contributed by atoms with E-state index >= 15 is 0 Å². The van der Waals surface area contributed by atoms with E-state index in [0.717, 1.165) is 19.4 Å². The zero-order chi connectivity index (χ0) is 16.2. The van der Waals surface area contributed by atoms with E-state index in [1.54, 1.807) is 0 Å². The van der Waals surface area contributed by atoms with Crippen molar-refractivity contribution in [3.63, 3.8) is 0 Å². The van der Waals surface area contributed by atoms with Crippen molar-refractivity contribution in [2.45, 2.75) is 44.8 Å². The van der Waals surface area contributed by atoms with Crippen LogP contribution in [-0.4, -0.2) is 59.1 Å². The van der Waals surface area contributed by atoms with Crippen molar-refractivity contribution in [2.75, 3.05) is 26.7 Å². The number of piperidine rings is 1. The highest BCUT2D eigenvalue weighted by atomic mass is 16.3. The molecule has 1 aromatic rings. The molecule has 1 aliphatic rings. The number of carbonyl (C=O) groups excluding carboxylic acids is 1. The van der Waals surface area contributed by atoms with Crippen LogP contribution < -0.4 is 0 Å². The molecule has 1 saturated heterocycles. The van der Waals surface area contributed by atoms with E-state index in [1.165, 1.54) is 5.56 Å². The average Bonchev–Trinajstić information content (AvgIpc) is 2.50. The summed E-state index contributed by atoms with van der Waals surface area (Å²) in [5.74, 6) is -0.109. The second-order valence-corrected chi connectivity index (χ2v) is 6.67. The standard InChI is InChI=1S/C18H28N2O2/c1-15(2)19(3)14-18(22)11-7-12-20(17(18)21)13-10-16-8-5-4-6-9-16/h4-6,8-9,15,22H,7,10-14H2,1-3H3. The van der Waals surface area contributed by atoms with E-state index in [9.17, 15) is 9.90 Å². The first-order valence-corrected chi connectivity index (χ1v) is 8.18. The lowest BCUT2D eigenvalue weighted by Gasteiger charge is -2.41. The molecule has 1 amide bonds. The summed E-state index contributed by atoms with van der Waals surface area (Å²) in [6.45, 7) is 5.98. The van der Waals surface area contributed by atoms with E-state index in [2.05, 4.69) is 26.0 Å². The van der Waals surface area contributed by atoms with E-state index in [0.29, 0.717) is 25.6 Å². The van der Waals surface area contributed by atoms with E-state index in [1.807, 2.05) is 35.0 Å². The summed E-state index contributed by atoms with van der Waals surface area (Å²) in [6.07, 6.45) is 2.26. The topological polar surface area (TPSA) is 43.8 Å². The van der Waals surface area contributed by atoms with Crippen LogP contribution >= 0.6 is 0 Å². The first-order chi connectivity index (χ1) is 10.4. The molecule has 1 aromatic carbocycles. The fourth-order valence-electron chi connectivity index (χ4n) is 2.93. The Bertz CT molecular complexity index is 489. The smallest absolute Gasteiger partial charge is 0.255 e. The fraction of sp³-hybridized carbons (Fsp3) is 0.611. The maximum atomic E-state index is 12.7. The Morgan fingerprint density at radius 1 is 1.32 bits per heavy atom. The van der Waals surface area contributed by atoms with E-state index in [4.69, 9.17) is 0 Å². The molecule has 1 heterocycles. The van der Waals surface area contributed by atoms with Gasteiger partial charge in [-0.3, -0.25) is 4.79 Å². The predicted octanol–water partition coefficient (Wildman–Crippen LogP) is 1.92. The number of hydrogen-bond donors (Lipinski definition) is 1. The van der Waals surface area contributed by atoms with Crippen LogP contribution in [0.1, 0.15) is 32.3 Å². The number of benzene rings is 1. The SMILES string of the molecule is CC(C)N(C)CC1(O)CCCN(CCc2ccccc2)C1=O. The molecular weight excluding hydrogens is 276 g/mol. The first-order valence-electron chi connectivity index (χ1n) is 8.18. The number of likely N-dealkylation sites (tertiary alicyclic amines) is 1. The van der Waals surface area contributed by atoms with Crippen molar-refractivity contribution in [3.8, 4) is 0 Å². The molecule has 1 fully saturated rings. The Labute approximate surface area is 133 Å². The van der Waals surface area contributed by atoms with Gasteiger partial charge in [-0.15, -0.1) is 0 Å². The maximum Gasteiger partial charge on any atom is 0.255 e. The predicted molar refractivity (Wildman–Crippen MR) is 88.7 cm³/mol. The minimum atomic E-state index is -1.23. The molecule has 0 aliphatic carbocycles. The van der Waals surface area contributed by atoms with E-state index in [-0.39, 0.29) is 5.91 Å². The fourth-order valence-corrected chi connectivity index (χ4v) is 2.93. The number of nitrogens with zero attached hydrogens (tertiary/aromatic N) is 2. The molecular formula is C18H28N2O2. The van der Waals surface area contributed by atoms with Gasteiger partial charge in [-0.2, -0.15) is 0 Å². The summed E-state index contributed by atoms with van der Waals surface area (Å²) in [4.78, 5) is 16.5. The second-order valence-electron chi connectivity index (χ2n) is 6.67. The highest BCUT2D eigenvalue weighted by Crippen LogP contribution is 2.24. The van der Waals surface area contributed by atoms with Crippen LogP contribution in [0.2, 0.25) is 0 Å². The lowest BCUT2D eigenvalue weighted by atomic mass is 9.90. The zero-order valence-corrected chi connectivity index (χ0v) is 14.0. The van der Waals surface area contributed by atoms with Crippen LogP contribution in [-0.2, 0) is 11.2 Å². The highest BCUT2D eigenvalue weighted by molar-refractivity contribution is 5.86. The number of aliphatic hydroxyl groups is 1. The Hall–Kier alpha value is -1.39. The van der Waals surface area contributed by atoms with Crippen molar-refractivity contribution >= 4 is 5.91 Å². The summed E-state index contributed by atoms with van der Waals surface area (Å²) in [6, 6.07) is 10.5. The number of carbonyl (C=O) groups is 1. The first kappa shape index (κ1) is 17.0. The highest BCUT2D eigenvalue weighted by Gasteiger charge is 2.42. The maximum absolute atomic E-state index is 12.7. The lowest BCUT2D eigenvalue weighted by Crippen LogP contribution is -2.59. The van der Waals surface area contributed by atoms with Crippen molar-refractivity contribution < 1.29 is 9.90 Å². The quantitative estimate of drug-likeness (QED) is 0.873. The number of likely N-dealkylation sites (N-methyl/N-ethyl adjacent to an activating group) is 1. The van der Waals surface area contributed by atoms with Gasteiger partial charge in [0.25, 0.3) is 5.91 Å². The minimum absolute atomic E-state index is 0.109. The third-order valence-electron chi connectivity index (χ3n) is 4.61. The molecule has 1 N–H and O–H groups in total. The molecule has 1 atom stereocenters. The number of hydrogen-bond acceptors (Lipinski definition) is 3. The van der Waals surface area contributed by atoms with Crippen LogP contribution in [0, 0.1) is 0 Å². The summed E-state index contributed by atoms with van der Waals surface area (Å²) in [5, 5.41) is 10.8. The van der Waals surface area contributed by atoms with Gasteiger partial charge in [-0.1, -0.05) is 30.3 Å². The summed E-state index contributed by atoms with van der Waals surface area (Å²) < 4.78 is 0. The second kappa shape index (κ2) is 7.25. The van der Waals surface area contributed by atoms with Crippen LogP contribution in [0.4, 0.5) is 0 Å². The Balaban J connectivity index is 1.97. The van der Waals surface area contributed by atoms with Crippen molar-refractivity contribution in [2.24, 2.45) is 0 Å². The summed E-state index contributed by atoms with van der Waals surface area (Å²) in [7, 11) is 1.96. The average molecular weight is 304 g/mol. The van der Waals surface area contributed by atoms with Gasteiger partial charge in [0.2, 0.25) is 0 Å². The van der Waals surface area contributed by atoms with Crippen molar-refractivity contribution in [1.82, 2.24) is 9.80 Å². The van der Waals surface area contributed by atoms with Gasteiger partial charge in [0.15, 0.2) is 5.60 Å². The monoisotopic (exact) mass is 304 g/mol. The molecule has 0 aromatic heterocycles. The van der Waals surface area contributed by atoms with Crippen molar-refractivity contribution in [1.29, 1.82) is 0 Å². The van der Waals surface area contributed by atoms with E-state index < -0.39 is 5.60 Å². The van der Waals surface area contributed by atoms with Gasteiger partial charge < -0.3 is 14.9 Å². The summed E-state index contributed by atoms with van der Waals surface area (Å²) >= 11 is 0. The van der Waals surface area contributed by atoms with Crippen LogP contribution in [0.25, 0.3) is 0 Å². The van der Waals surface area contributed by atoms with Gasteiger partial charge in [0.05, 0.1) is 0 Å². The molecule has 0 radical (unpaired) electrons. The minimum Gasteiger partial charge on any atom is -0.379 e. The molecule has 0 spiro atoms. The number of rotatable bonds is 6. The van der Waals surface area contributed by atoms with Crippen molar-refractivity contribution in [3.05, 3.63) is 35.9 Å². The molecule has 4 heteroatoms. The molecule has 0 bridgehead atoms. The normalized spacial score (nSPS) is 22.6.